The third kappa shape index (κ3) is 3.91. The number of nitrogens with zero attached hydrogens (tertiary/aromatic N) is 5. The van der Waals surface area contributed by atoms with Gasteiger partial charge in [-0.2, -0.15) is 0 Å². The van der Waals surface area contributed by atoms with E-state index in [0.29, 0.717) is 13.2 Å². The molecule has 0 bridgehead atoms. The van der Waals surface area contributed by atoms with Crippen LogP contribution >= 0.6 is 0 Å². The summed E-state index contributed by atoms with van der Waals surface area (Å²) in [5.41, 5.74) is 3.30. The zero-order valence-electron chi connectivity index (χ0n) is 18.7. The van der Waals surface area contributed by atoms with Crippen molar-refractivity contribution in [2.75, 3.05) is 33.1 Å². The second-order valence-corrected chi connectivity index (χ2v) is 8.37. The number of hydrogen-bond donors (Lipinski definition) is 0. The minimum absolute atomic E-state index is 0.162. The summed E-state index contributed by atoms with van der Waals surface area (Å²) in [7, 11) is 0. The van der Waals surface area contributed by atoms with Crippen molar-refractivity contribution >= 4 is 0 Å². The molecule has 3 heterocycles. The molecule has 3 aromatic carbocycles. The lowest BCUT2D eigenvalue weighted by molar-refractivity contribution is 0.0215. The Labute approximate surface area is 197 Å². The van der Waals surface area contributed by atoms with E-state index in [2.05, 4.69) is 50.8 Å². The van der Waals surface area contributed by atoms with Crippen molar-refractivity contribution in [3.63, 3.8) is 0 Å². The summed E-state index contributed by atoms with van der Waals surface area (Å²) < 4.78 is 18.8. The summed E-state index contributed by atoms with van der Waals surface area (Å²) >= 11 is 0. The van der Waals surface area contributed by atoms with Gasteiger partial charge in [-0.05, 0) is 39.2 Å². The van der Waals surface area contributed by atoms with E-state index in [0.717, 1.165) is 47.1 Å². The molecule has 1 fully saturated rings. The van der Waals surface area contributed by atoms with Gasteiger partial charge < -0.3 is 14.2 Å². The first-order chi connectivity index (χ1) is 16.9. The number of ether oxygens (including phenoxy) is 3. The molecule has 0 amide bonds. The van der Waals surface area contributed by atoms with Gasteiger partial charge in [0.25, 0.3) is 0 Å². The third-order valence-electron chi connectivity index (χ3n) is 6.36. The van der Waals surface area contributed by atoms with Crippen LogP contribution in [-0.2, 0) is 4.74 Å². The van der Waals surface area contributed by atoms with E-state index in [1.54, 1.807) is 0 Å². The summed E-state index contributed by atoms with van der Waals surface area (Å²) in [6, 6.07) is 26.5. The van der Waals surface area contributed by atoms with Crippen LogP contribution in [0, 0.1) is 0 Å². The van der Waals surface area contributed by atoms with Crippen molar-refractivity contribution in [1.82, 2.24) is 25.1 Å². The van der Waals surface area contributed by atoms with Gasteiger partial charge in [-0.3, -0.25) is 4.90 Å². The molecule has 8 nitrogen and oxygen atoms in total. The maximum atomic E-state index is 5.69. The minimum Gasteiger partial charge on any atom is -0.454 e. The second-order valence-electron chi connectivity index (χ2n) is 8.37. The number of aromatic nitrogens is 4. The van der Waals surface area contributed by atoms with Gasteiger partial charge in [0.1, 0.15) is 6.04 Å². The van der Waals surface area contributed by atoms with Gasteiger partial charge in [-0.15, -0.1) is 5.10 Å². The highest BCUT2D eigenvalue weighted by Crippen LogP contribution is 2.38. The highest BCUT2D eigenvalue weighted by atomic mass is 16.7. The van der Waals surface area contributed by atoms with Crippen LogP contribution < -0.4 is 9.47 Å². The molecule has 0 spiro atoms. The van der Waals surface area contributed by atoms with Gasteiger partial charge in [-0.25, -0.2) is 4.68 Å². The molecule has 1 aromatic heterocycles. The van der Waals surface area contributed by atoms with E-state index in [-0.39, 0.29) is 18.9 Å². The van der Waals surface area contributed by atoms with Crippen molar-refractivity contribution in [3.05, 3.63) is 101 Å². The number of morpholine rings is 1. The molecule has 34 heavy (non-hydrogen) atoms. The summed E-state index contributed by atoms with van der Waals surface area (Å²) in [4.78, 5) is 2.37. The molecule has 0 aliphatic carbocycles. The fourth-order valence-electron chi connectivity index (χ4n) is 4.75. The molecule has 1 saturated heterocycles. The van der Waals surface area contributed by atoms with E-state index in [4.69, 9.17) is 14.2 Å². The van der Waals surface area contributed by atoms with Crippen molar-refractivity contribution in [3.8, 4) is 11.5 Å². The van der Waals surface area contributed by atoms with Crippen molar-refractivity contribution in [2.24, 2.45) is 0 Å². The van der Waals surface area contributed by atoms with Crippen LogP contribution in [0.3, 0.4) is 0 Å². The van der Waals surface area contributed by atoms with E-state index in [1.807, 2.05) is 53.2 Å². The molecule has 4 aromatic rings. The van der Waals surface area contributed by atoms with Crippen molar-refractivity contribution in [2.45, 2.75) is 12.1 Å². The second kappa shape index (κ2) is 9.24. The van der Waals surface area contributed by atoms with E-state index < -0.39 is 0 Å². The highest BCUT2D eigenvalue weighted by Gasteiger charge is 2.33. The first-order valence-corrected chi connectivity index (χ1v) is 11.5. The van der Waals surface area contributed by atoms with Crippen LogP contribution in [0.5, 0.6) is 11.5 Å². The Morgan fingerprint density at radius 2 is 1.38 bits per heavy atom. The fraction of sp³-hybridized carbons (Fsp3) is 0.269. The van der Waals surface area contributed by atoms with Gasteiger partial charge in [0, 0.05) is 13.1 Å². The summed E-state index contributed by atoms with van der Waals surface area (Å²) in [5, 5.41) is 13.3. The quantitative estimate of drug-likeness (QED) is 0.441. The molecule has 2 aliphatic rings. The molecule has 6 rings (SSSR count). The predicted octanol–water partition coefficient (Wildman–Crippen LogP) is 3.46. The fourth-order valence-corrected chi connectivity index (χ4v) is 4.75. The Kier molecular flexibility index (Phi) is 5.66. The number of benzene rings is 3. The normalized spacial score (nSPS) is 16.6. The van der Waals surface area contributed by atoms with E-state index in [1.165, 1.54) is 0 Å². The maximum absolute atomic E-state index is 5.69. The molecule has 0 saturated carbocycles. The van der Waals surface area contributed by atoms with Crippen molar-refractivity contribution in [1.29, 1.82) is 0 Å². The smallest absolute Gasteiger partial charge is 0.231 e. The average Bonchev–Trinajstić information content (AvgIpc) is 3.56. The molecular formula is C26H25N5O3. The van der Waals surface area contributed by atoms with Gasteiger partial charge in [0.15, 0.2) is 17.3 Å². The molecule has 2 aliphatic heterocycles. The average molecular weight is 456 g/mol. The minimum atomic E-state index is -0.164. The molecule has 8 heteroatoms. The molecular weight excluding hydrogens is 430 g/mol. The molecule has 0 radical (unpaired) electrons. The molecule has 0 N–H and O–H groups in total. The Hall–Kier alpha value is -3.75. The Morgan fingerprint density at radius 1 is 0.706 bits per heavy atom. The zero-order chi connectivity index (χ0) is 22.7. The van der Waals surface area contributed by atoms with Crippen molar-refractivity contribution < 1.29 is 14.2 Å². The van der Waals surface area contributed by atoms with Crippen LogP contribution in [0.15, 0.2) is 78.9 Å². The maximum Gasteiger partial charge on any atom is 0.231 e. The predicted molar refractivity (Wildman–Crippen MR) is 125 cm³/mol. The summed E-state index contributed by atoms with van der Waals surface area (Å²) in [6.45, 7) is 3.15. The SMILES string of the molecule is c1ccc(C(c2ccccc2)n2nnnc2C(c2ccc3c(c2)OCO3)N2CCOCC2)cc1. The first-order valence-electron chi connectivity index (χ1n) is 11.5. The number of fused-ring (bicyclic) bond motifs is 1. The standard InChI is InChI=1S/C26H25N5O3/c1-3-7-19(8-4-1)24(20-9-5-2-6-10-20)31-26(27-28-29-31)25(30-13-15-32-16-14-30)21-11-12-22-23(17-21)34-18-33-22/h1-12,17,24-25H,13-16,18H2. The Bertz CT molecular complexity index is 1200. The largest absolute Gasteiger partial charge is 0.454 e. The lowest BCUT2D eigenvalue weighted by Gasteiger charge is -2.34. The van der Waals surface area contributed by atoms with Gasteiger partial charge in [0.05, 0.1) is 19.3 Å². The van der Waals surface area contributed by atoms with Crippen LogP contribution in [-0.4, -0.2) is 58.2 Å². The molecule has 172 valence electrons. The van der Waals surface area contributed by atoms with Gasteiger partial charge in [-0.1, -0.05) is 66.7 Å². The van der Waals surface area contributed by atoms with E-state index in [9.17, 15) is 0 Å². The Morgan fingerprint density at radius 3 is 2.09 bits per heavy atom. The van der Waals surface area contributed by atoms with Crippen LogP contribution in [0.4, 0.5) is 0 Å². The highest BCUT2D eigenvalue weighted by molar-refractivity contribution is 5.46. The number of hydrogen-bond acceptors (Lipinski definition) is 7. The summed E-state index contributed by atoms with van der Waals surface area (Å²) in [5.74, 6) is 2.28. The Balaban J connectivity index is 1.49. The van der Waals surface area contributed by atoms with Crippen LogP contribution in [0.2, 0.25) is 0 Å². The number of rotatable bonds is 6. The zero-order valence-corrected chi connectivity index (χ0v) is 18.7. The first kappa shape index (κ1) is 20.8. The summed E-state index contributed by atoms with van der Waals surface area (Å²) in [6.07, 6.45) is 0. The van der Waals surface area contributed by atoms with Crippen LogP contribution in [0.25, 0.3) is 0 Å². The third-order valence-corrected chi connectivity index (χ3v) is 6.36. The lowest BCUT2D eigenvalue weighted by Crippen LogP contribution is -2.41. The molecule has 1 atom stereocenters. The van der Waals surface area contributed by atoms with E-state index >= 15 is 0 Å². The topological polar surface area (TPSA) is 74.5 Å². The monoisotopic (exact) mass is 455 g/mol. The number of tetrazole rings is 1. The lowest BCUT2D eigenvalue weighted by atomic mass is 9.97. The van der Waals surface area contributed by atoms with Gasteiger partial charge in [0.2, 0.25) is 6.79 Å². The van der Waals surface area contributed by atoms with Gasteiger partial charge >= 0.3 is 0 Å². The van der Waals surface area contributed by atoms with Crippen LogP contribution in [0.1, 0.15) is 34.6 Å². The molecule has 1 unspecified atom stereocenters.